The van der Waals surface area contributed by atoms with Gasteiger partial charge in [-0.2, -0.15) is 18.3 Å². The Morgan fingerprint density at radius 2 is 2.00 bits per heavy atom. The van der Waals surface area contributed by atoms with Crippen molar-refractivity contribution in [1.29, 1.82) is 0 Å². The topological polar surface area (TPSA) is 57.0 Å². The quantitative estimate of drug-likeness (QED) is 0.636. The molecule has 0 spiro atoms. The fourth-order valence-electron chi connectivity index (χ4n) is 2.35. The second-order valence-electron chi connectivity index (χ2n) is 5.35. The van der Waals surface area contributed by atoms with Crippen molar-refractivity contribution in [2.75, 3.05) is 0 Å². The highest BCUT2D eigenvalue weighted by molar-refractivity contribution is 6.35. The summed E-state index contributed by atoms with van der Waals surface area (Å²) in [6, 6.07) is 5.15. The second kappa shape index (κ2) is 6.03. The zero-order chi connectivity index (χ0) is 18.4. The summed E-state index contributed by atoms with van der Waals surface area (Å²) in [7, 11) is 1.59. The molecule has 0 aliphatic rings. The van der Waals surface area contributed by atoms with Gasteiger partial charge >= 0.3 is 12.1 Å². The maximum Gasteiger partial charge on any atom is 0.417 e. The zero-order valence-electron chi connectivity index (χ0n) is 13.1. The Morgan fingerprint density at radius 3 is 2.60 bits per heavy atom. The van der Waals surface area contributed by atoms with Crippen molar-refractivity contribution in [2.24, 2.45) is 7.05 Å². The van der Waals surface area contributed by atoms with E-state index in [2.05, 4.69) is 10.1 Å². The molecule has 0 amide bonds. The fourth-order valence-corrected chi connectivity index (χ4v) is 2.58. The van der Waals surface area contributed by atoms with E-state index in [0.717, 1.165) is 6.07 Å². The summed E-state index contributed by atoms with van der Waals surface area (Å²) < 4.78 is 45.1. The molecule has 2 aromatic heterocycles. The third kappa shape index (κ3) is 3.30. The highest BCUT2D eigenvalue weighted by atomic mass is 35.5. The summed E-state index contributed by atoms with van der Waals surface area (Å²) in [6.45, 7) is 1.72. The molecule has 0 bridgehead atoms. The number of fused-ring (bicyclic) bond motifs is 1. The normalized spacial score (nSPS) is 11.8. The first-order valence-electron chi connectivity index (χ1n) is 7.05. The van der Waals surface area contributed by atoms with Gasteiger partial charge in [-0.1, -0.05) is 17.7 Å². The lowest BCUT2D eigenvalue weighted by molar-refractivity contribution is -0.137. The number of benzene rings is 1. The van der Waals surface area contributed by atoms with Crippen LogP contribution in [0.25, 0.3) is 10.9 Å². The largest absolute Gasteiger partial charge is 0.417 e. The highest BCUT2D eigenvalue weighted by Crippen LogP contribution is 2.33. The molecule has 0 unspecified atom stereocenters. The third-order valence-electron chi connectivity index (χ3n) is 3.49. The molecule has 0 fully saturated rings. The van der Waals surface area contributed by atoms with E-state index >= 15 is 0 Å². The number of nitrogens with zero attached hydrogens (tertiary/aromatic N) is 3. The van der Waals surface area contributed by atoms with Crippen LogP contribution in [0.4, 0.5) is 13.2 Å². The maximum absolute atomic E-state index is 12.8. The molecule has 1 aromatic carbocycles. The molecule has 3 rings (SSSR count). The van der Waals surface area contributed by atoms with Crippen molar-refractivity contribution >= 4 is 28.5 Å². The fraction of sp³-hybridized carbons (Fsp3) is 0.188. The monoisotopic (exact) mass is 369 g/mol. The van der Waals surface area contributed by atoms with E-state index < -0.39 is 17.7 Å². The molecule has 0 atom stereocenters. The number of carbonyl (C=O) groups excluding carboxylic acids is 1. The predicted octanol–water partition coefficient (Wildman–Crippen LogP) is 4.17. The zero-order valence-corrected chi connectivity index (χ0v) is 13.8. The number of ether oxygens (including phenoxy) is 1. The summed E-state index contributed by atoms with van der Waals surface area (Å²) in [5, 5.41) is 4.21. The van der Waals surface area contributed by atoms with Gasteiger partial charge in [-0.05, 0) is 19.1 Å². The number of aryl methyl sites for hydroxylation is 2. The Morgan fingerprint density at radius 1 is 1.28 bits per heavy atom. The summed E-state index contributed by atoms with van der Waals surface area (Å²) in [5.41, 5.74) is -0.345. The Kier molecular flexibility index (Phi) is 4.16. The first-order chi connectivity index (χ1) is 11.7. The van der Waals surface area contributed by atoms with Crippen LogP contribution in [0.5, 0.6) is 5.88 Å². The maximum atomic E-state index is 12.8. The molecule has 0 saturated heterocycles. The molecular weight excluding hydrogens is 359 g/mol. The molecule has 5 nitrogen and oxygen atoms in total. The number of pyridine rings is 1. The number of esters is 1. The van der Waals surface area contributed by atoms with Crippen molar-refractivity contribution in [2.45, 2.75) is 13.1 Å². The Bertz CT molecular complexity index is 983. The molecule has 0 saturated carbocycles. The van der Waals surface area contributed by atoms with Gasteiger partial charge in [-0.15, -0.1) is 0 Å². The van der Waals surface area contributed by atoms with Gasteiger partial charge in [-0.25, -0.2) is 9.48 Å². The number of halogens is 4. The number of carbonyl (C=O) groups is 1. The number of alkyl halides is 3. The van der Waals surface area contributed by atoms with Crippen LogP contribution in [0.15, 0.2) is 30.5 Å². The van der Waals surface area contributed by atoms with Crippen LogP contribution in [0.2, 0.25) is 5.02 Å². The molecule has 3 aromatic rings. The predicted molar refractivity (Wildman–Crippen MR) is 84.7 cm³/mol. The summed E-state index contributed by atoms with van der Waals surface area (Å²) in [6.07, 6.45) is -3.88. The van der Waals surface area contributed by atoms with Crippen LogP contribution < -0.4 is 4.74 Å². The van der Waals surface area contributed by atoms with Crippen LogP contribution >= 0.6 is 11.6 Å². The molecule has 9 heteroatoms. The van der Waals surface area contributed by atoms with Crippen molar-refractivity contribution in [3.8, 4) is 5.88 Å². The smallest absolute Gasteiger partial charge is 0.404 e. The third-order valence-corrected chi connectivity index (χ3v) is 3.80. The van der Waals surface area contributed by atoms with E-state index in [-0.39, 0.29) is 27.4 Å². The van der Waals surface area contributed by atoms with Crippen LogP contribution in [-0.2, 0) is 13.2 Å². The minimum absolute atomic E-state index is 0.0312. The van der Waals surface area contributed by atoms with E-state index in [4.69, 9.17) is 16.3 Å². The van der Waals surface area contributed by atoms with Crippen LogP contribution in [0.1, 0.15) is 21.6 Å². The van der Waals surface area contributed by atoms with E-state index in [1.165, 1.54) is 16.8 Å². The lowest BCUT2D eigenvalue weighted by Crippen LogP contribution is -2.13. The van der Waals surface area contributed by atoms with E-state index in [1.54, 1.807) is 20.0 Å². The standard InChI is InChI=1S/C16H11ClF3N3O2/c1-8-5-12(23(2)22-8)25-15(24)13-11(17)4-3-9-6-10(16(18,19)20)7-21-14(9)13/h3-7H,1-2H3. The lowest BCUT2D eigenvalue weighted by Gasteiger charge is -2.11. The lowest BCUT2D eigenvalue weighted by atomic mass is 10.1. The Labute approximate surface area is 145 Å². The minimum Gasteiger partial charge on any atom is -0.404 e. The number of hydrogen-bond donors (Lipinski definition) is 0. The molecule has 25 heavy (non-hydrogen) atoms. The van der Waals surface area contributed by atoms with Crippen LogP contribution in [0, 0.1) is 6.92 Å². The van der Waals surface area contributed by atoms with E-state index in [0.29, 0.717) is 11.9 Å². The molecule has 0 aliphatic carbocycles. The molecule has 0 N–H and O–H groups in total. The van der Waals surface area contributed by atoms with Gasteiger partial charge < -0.3 is 4.74 Å². The first kappa shape index (κ1) is 17.2. The summed E-state index contributed by atoms with van der Waals surface area (Å²) in [5.74, 6) is -0.645. The molecule has 130 valence electrons. The molecule has 0 radical (unpaired) electrons. The van der Waals surface area contributed by atoms with Crippen molar-refractivity contribution < 1.29 is 22.7 Å². The Hall–Kier alpha value is -2.61. The summed E-state index contributed by atoms with van der Waals surface area (Å²) >= 11 is 6.05. The second-order valence-corrected chi connectivity index (χ2v) is 5.76. The number of hydrogen-bond acceptors (Lipinski definition) is 4. The van der Waals surface area contributed by atoms with E-state index in [1.807, 2.05) is 0 Å². The minimum atomic E-state index is -4.53. The molecular formula is C16H11ClF3N3O2. The van der Waals surface area contributed by atoms with Gasteiger partial charge in [0.2, 0.25) is 5.88 Å². The van der Waals surface area contributed by atoms with E-state index in [9.17, 15) is 18.0 Å². The summed E-state index contributed by atoms with van der Waals surface area (Å²) in [4.78, 5) is 16.3. The average Bonchev–Trinajstić information content (AvgIpc) is 2.83. The van der Waals surface area contributed by atoms with Crippen molar-refractivity contribution in [1.82, 2.24) is 14.8 Å². The SMILES string of the molecule is Cc1cc(OC(=O)c2c(Cl)ccc3cc(C(F)(F)F)cnc23)n(C)n1. The average molecular weight is 370 g/mol. The van der Waals surface area contributed by atoms with Crippen LogP contribution in [0.3, 0.4) is 0 Å². The van der Waals surface area contributed by atoms with Gasteiger partial charge in [0.25, 0.3) is 0 Å². The van der Waals surface area contributed by atoms with Gasteiger partial charge in [0.1, 0.15) is 5.56 Å². The number of aromatic nitrogens is 3. The molecule has 2 heterocycles. The van der Waals surface area contributed by atoms with Gasteiger partial charge in [0, 0.05) is 24.7 Å². The van der Waals surface area contributed by atoms with Crippen LogP contribution in [-0.4, -0.2) is 20.7 Å². The van der Waals surface area contributed by atoms with Gasteiger partial charge in [0.15, 0.2) is 0 Å². The molecule has 0 aliphatic heterocycles. The van der Waals surface area contributed by atoms with Crippen molar-refractivity contribution in [3.63, 3.8) is 0 Å². The van der Waals surface area contributed by atoms with Crippen molar-refractivity contribution in [3.05, 3.63) is 52.3 Å². The van der Waals surface area contributed by atoms with Gasteiger partial charge in [0.05, 0.1) is 21.8 Å². The highest BCUT2D eigenvalue weighted by Gasteiger charge is 2.31. The Balaban J connectivity index is 2.07. The van der Waals surface area contributed by atoms with Gasteiger partial charge in [-0.3, -0.25) is 4.98 Å². The number of rotatable bonds is 2. The first-order valence-corrected chi connectivity index (χ1v) is 7.43.